The molecule has 0 aliphatic rings. The van der Waals surface area contributed by atoms with Crippen LogP contribution in [-0.2, 0) is 21.7 Å². The lowest BCUT2D eigenvalue weighted by Crippen LogP contribution is -2.56. The average molecular weight is 477 g/mol. The summed E-state index contributed by atoms with van der Waals surface area (Å²) < 4.78 is 38.0. The Morgan fingerprint density at radius 2 is 1.88 bits per heavy atom. The van der Waals surface area contributed by atoms with Crippen LogP contribution in [0.5, 0.6) is 0 Å². The number of nitrogens with zero attached hydrogens (tertiary/aromatic N) is 2. The van der Waals surface area contributed by atoms with Gasteiger partial charge in [0.1, 0.15) is 17.7 Å². The fraction of sp³-hybridized carbons (Fsp3) is 0.391. The summed E-state index contributed by atoms with van der Waals surface area (Å²) in [7, 11) is 0. The van der Waals surface area contributed by atoms with Gasteiger partial charge in [-0.05, 0) is 23.6 Å². The normalized spacial score (nSPS) is 13.6. The van der Waals surface area contributed by atoms with E-state index in [0.29, 0.717) is 24.2 Å². The van der Waals surface area contributed by atoms with Crippen LogP contribution in [0, 0.1) is 5.92 Å². The number of H-pyrrole nitrogens is 1. The first-order valence-corrected chi connectivity index (χ1v) is 10.8. The van der Waals surface area contributed by atoms with E-state index in [1.165, 1.54) is 6.20 Å². The zero-order valence-electron chi connectivity index (χ0n) is 19.1. The fourth-order valence-electron chi connectivity index (χ4n) is 3.57. The van der Waals surface area contributed by atoms with E-state index in [2.05, 4.69) is 20.3 Å². The van der Waals surface area contributed by atoms with Crippen molar-refractivity contribution < 1.29 is 22.8 Å². The van der Waals surface area contributed by atoms with Crippen molar-refractivity contribution in [2.75, 3.05) is 6.54 Å². The number of amides is 2. The molecule has 34 heavy (non-hydrogen) atoms. The van der Waals surface area contributed by atoms with E-state index in [9.17, 15) is 22.8 Å². The Hall–Kier alpha value is -3.47. The number of nitrogens with one attached hydrogen (secondary N) is 3. The molecular formula is C23H27F3N6O2. The molecule has 182 valence electrons. The van der Waals surface area contributed by atoms with Gasteiger partial charge in [0.05, 0.1) is 0 Å². The third kappa shape index (κ3) is 5.36. The van der Waals surface area contributed by atoms with Crippen molar-refractivity contribution in [3.05, 3.63) is 48.0 Å². The number of pyridine rings is 2. The molecule has 5 N–H and O–H groups in total. The summed E-state index contributed by atoms with van der Waals surface area (Å²) in [6.07, 6.45) is 2.16. The van der Waals surface area contributed by atoms with Crippen LogP contribution in [0.15, 0.2) is 36.9 Å². The number of hydrogen-bond acceptors (Lipinski definition) is 5. The maximum Gasteiger partial charge on any atom is 0.405 e. The van der Waals surface area contributed by atoms with Gasteiger partial charge in [-0.15, -0.1) is 0 Å². The van der Waals surface area contributed by atoms with Crippen LogP contribution in [0.2, 0.25) is 0 Å². The number of aromatic nitrogens is 3. The summed E-state index contributed by atoms with van der Waals surface area (Å²) in [5.41, 5.74) is 7.69. The second-order valence-electron chi connectivity index (χ2n) is 8.36. The van der Waals surface area contributed by atoms with E-state index < -0.39 is 30.1 Å². The first kappa shape index (κ1) is 25.2. The van der Waals surface area contributed by atoms with Crippen molar-refractivity contribution in [2.24, 2.45) is 11.7 Å². The maximum absolute atomic E-state index is 12.7. The van der Waals surface area contributed by atoms with Gasteiger partial charge >= 0.3 is 6.18 Å². The van der Waals surface area contributed by atoms with E-state index in [4.69, 9.17) is 5.73 Å². The second-order valence-corrected chi connectivity index (χ2v) is 8.36. The Balaban J connectivity index is 1.97. The predicted octanol–water partition coefficient (Wildman–Crippen LogP) is 3.14. The predicted molar refractivity (Wildman–Crippen MR) is 121 cm³/mol. The quantitative estimate of drug-likeness (QED) is 0.397. The molecule has 0 radical (unpaired) electrons. The monoisotopic (exact) mass is 476 g/mol. The van der Waals surface area contributed by atoms with Gasteiger partial charge in [-0.2, -0.15) is 13.2 Å². The topological polar surface area (TPSA) is 126 Å². The number of nitrogens with two attached hydrogens (primary N) is 1. The Labute approximate surface area is 194 Å². The lowest BCUT2D eigenvalue weighted by atomic mass is 9.80. The van der Waals surface area contributed by atoms with Gasteiger partial charge in [-0.1, -0.05) is 20.8 Å². The summed E-state index contributed by atoms with van der Waals surface area (Å²) in [6.45, 7) is 3.92. The molecule has 8 nitrogen and oxygen atoms in total. The van der Waals surface area contributed by atoms with Crippen molar-refractivity contribution in [3.8, 4) is 11.1 Å². The van der Waals surface area contributed by atoms with E-state index in [-0.39, 0.29) is 11.5 Å². The summed E-state index contributed by atoms with van der Waals surface area (Å²) in [5, 5.41) is 5.45. The number of alkyl halides is 3. The highest BCUT2D eigenvalue weighted by Crippen LogP contribution is 2.33. The maximum atomic E-state index is 12.7. The number of rotatable bonds is 8. The van der Waals surface area contributed by atoms with E-state index in [1.54, 1.807) is 45.4 Å². The molecule has 0 bridgehead atoms. The van der Waals surface area contributed by atoms with Crippen LogP contribution < -0.4 is 16.4 Å². The zero-order valence-corrected chi connectivity index (χ0v) is 19.1. The summed E-state index contributed by atoms with van der Waals surface area (Å²) in [6, 6.07) is 3.53. The van der Waals surface area contributed by atoms with Crippen LogP contribution in [0.1, 0.15) is 38.3 Å². The molecule has 0 saturated carbocycles. The standard InChI is InChI=1S/C23H27F3N6O2/c1-4-19(33)29-7-14-5-17-18(11-31-20(17)30-8-14)15-6-16(10-28-9-15)23(27,13(2)3)21(34)32-12-22(24,25)26/h5-6,8-11,13H,4,7,12,27H2,1-3H3,(H,29,33)(H,30,31)(H,32,34)/t23-/m1/s1. The third-order valence-corrected chi connectivity index (χ3v) is 5.66. The van der Waals surface area contributed by atoms with Gasteiger partial charge in [0.25, 0.3) is 0 Å². The first-order valence-electron chi connectivity index (χ1n) is 10.8. The molecule has 0 spiro atoms. The lowest BCUT2D eigenvalue weighted by molar-refractivity contribution is -0.143. The van der Waals surface area contributed by atoms with Crippen LogP contribution in [-0.4, -0.2) is 39.5 Å². The summed E-state index contributed by atoms with van der Waals surface area (Å²) in [5.74, 6) is -1.53. The van der Waals surface area contributed by atoms with Gasteiger partial charge in [-0.3, -0.25) is 14.6 Å². The molecule has 3 aromatic heterocycles. The minimum Gasteiger partial charge on any atom is -0.352 e. The molecule has 0 aliphatic carbocycles. The van der Waals surface area contributed by atoms with Gasteiger partial charge in [0.2, 0.25) is 11.8 Å². The molecule has 3 heterocycles. The molecule has 0 unspecified atom stereocenters. The number of fused-ring (bicyclic) bond motifs is 1. The summed E-state index contributed by atoms with van der Waals surface area (Å²) >= 11 is 0. The van der Waals surface area contributed by atoms with Gasteiger partial charge in [-0.25, -0.2) is 4.98 Å². The minimum atomic E-state index is -4.56. The van der Waals surface area contributed by atoms with Crippen LogP contribution in [0.25, 0.3) is 22.2 Å². The summed E-state index contributed by atoms with van der Waals surface area (Å²) in [4.78, 5) is 36.0. The van der Waals surface area contributed by atoms with Crippen molar-refractivity contribution in [2.45, 2.75) is 45.5 Å². The van der Waals surface area contributed by atoms with Gasteiger partial charge in [0.15, 0.2) is 0 Å². The van der Waals surface area contributed by atoms with Gasteiger partial charge < -0.3 is 21.4 Å². The van der Waals surface area contributed by atoms with Crippen LogP contribution >= 0.6 is 0 Å². The molecule has 0 aromatic carbocycles. The van der Waals surface area contributed by atoms with Crippen LogP contribution in [0.3, 0.4) is 0 Å². The van der Waals surface area contributed by atoms with Crippen LogP contribution in [0.4, 0.5) is 13.2 Å². The molecule has 3 aromatic rings. The van der Waals surface area contributed by atoms with E-state index in [1.807, 2.05) is 11.4 Å². The average Bonchev–Trinajstić information content (AvgIpc) is 3.23. The largest absolute Gasteiger partial charge is 0.405 e. The lowest BCUT2D eigenvalue weighted by Gasteiger charge is -2.32. The molecule has 0 fully saturated rings. The van der Waals surface area contributed by atoms with Crippen molar-refractivity contribution in [1.82, 2.24) is 25.6 Å². The van der Waals surface area contributed by atoms with Gasteiger partial charge in [0, 0.05) is 59.8 Å². The Kier molecular flexibility index (Phi) is 7.25. The van der Waals surface area contributed by atoms with Crippen molar-refractivity contribution in [1.29, 1.82) is 0 Å². The smallest absolute Gasteiger partial charge is 0.352 e. The number of aromatic amines is 1. The minimum absolute atomic E-state index is 0.0805. The molecule has 0 saturated heterocycles. The van der Waals surface area contributed by atoms with Crippen molar-refractivity contribution >= 4 is 22.8 Å². The Morgan fingerprint density at radius 1 is 1.15 bits per heavy atom. The highest BCUT2D eigenvalue weighted by Gasteiger charge is 2.41. The zero-order chi connectivity index (χ0) is 25.1. The van der Waals surface area contributed by atoms with E-state index >= 15 is 0 Å². The number of carbonyl (C=O) groups is 2. The molecular weight excluding hydrogens is 449 g/mol. The first-order chi connectivity index (χ1) is 16.0. The third-order valence-electron chi connectivity index (χ3n) is 5.66. The molecule has 11 heteroatoms. The molecule has 3 rings (SSSR count). The Bertz CT molecular complexity index is 1190. The highest BCUT2D eigenvalue weighted by molar-refractivity contribution is 5.94. The molecule has 2 amide bonds. The fourth-order valence-corrected chi connectivity index (χ4v) is 3.57. The number of halogens is 3. The SMILES string of the molecule is CCC(=O)NCc1cnc2[nH]cc(-c3cncc([C@@](N)(C(=O)NCC(F)(F)F)C(C)C)c3)c2c1. The Morgan fingerprint density at radius 3 is 2.53 bits per heavy atom. The highest BCUT2D eigenvalue weighted by atomic mass is 19.4. The second kappa shape index (κ2) is 9.80. The van der Waals surface area contributed by atoms with Crippen molar-refractivity contribution in [3.63, 3.8) is 0 Å². The van der Waals surface area contributed by atoms with E-state index in [0.717, 1.165) is 16.5 Å². The molecule has 0 aliphatic heterocycles. The molecule has 1 atom stereocenters. The number of hydrogen-bond donors (Lipinski definition) is 4. The number of carbonyl (C=O) groups excluding carboxylic acids is 2.